The maximum Gasteiger partial charge on any atom is 0.472 e. The number of aliphatic hydroxyl groups is 1. The number of allylic oxidation sites excluding steroid dienone is 7. The molecule has 0 aromatic rings. The van der Waals surface area contributed by atoms with Crippen LogP contribution in [0.2, 0.25) is 0 Å². The van der Waals surface area contributed by atoms with Crippen molar-refractivity contribution in [2.75, 3.05) is 40.9 Å². The summed E-state index contributed by atoms with van der Waals surface area (Å²) in [4.78, 5) is 23.4. The highest BCUT2D eigenvalue weighted by atomic mass is 31.2. The van der Waals surface area contributed by atoms with Crippen molar-refractivity contribution in [3.05, 3.63) is 48.6 Å². The Hall–Kier alpha value is -1.54. The smallest absolute Gasteiger partial charge is 0.387 e. The van der Waals surface area contributed by atoms with Crippen molar-refractivity contribution in [2.45, 2.75) is 321 Å². The third-order valence-electron chi connectivity index (χ3n) is 14.5. The van der Waals surface area contributed by atoms with Crippen molar-refractivity contribution in [1.29, 1.82) is 0 Å². The van der Waals surface area contributed by atoms with Gasteiger partial charge in [-0.15, -0.1) is 0 Å². The number of nitrogens with one attached hydrogen (secondary N) is 1. The number of hydrogen-bond donors (Lipinski definition) is 3. The fourth-order valence-electron chi connectivity index (χ4n) is 9.48. The van der Waals surface area contributed by atoms with Crippen molar-refractivity contribution in [3.63, 3.8) is 0 Å². The van der Waals surface area contributed by atoms with Gasteiger partial charge in [-0.3, -0.25) is 13.8 Å². The summed E-state index contributed by atoms with van der Waals surface area (Å²) in [5.74, 6) is -0.188. The van der Waals surface area contributed by atoms with Crippen LogP contribution in [0.3, 0.4) is 0 Å². The topological polar surface area (TPSA) is 105 Å². The van der Waals surface area contributed by atoms with Crippen LogP contribution in [0.15, 0.2) is 48.6 Å². The molecule has 0 aliphatic heterocycles. The normalized spacial score (nSPS) is 14.1. The molecule has 0 radical (unpaired) electrons. The van der Waals surface area contributed by atoms with E-state index in [0.717, 1.165) is 44.9 Å². The molecule has 0 spiro atoms. The van der Waals surface area contributed by atoms with Gasteiger partial charge in [0.15, 0.2) is 0 Å². The molecular weight excluding hydrogens is 936 g/mol. The Morgan fingerprint density at radius 1 is 0.446 bits per heavy atom. The predicted molar refractivity (Wildman–Crippen MR) is 323 cm³/mol. The molecule has 0 aliphatic rings. The van der Waals surface area contributed by atoms with E-state index in [9.17, 15) is 19.4 Å². The van der Waals surface area contributed by atoms with Gasteiger partial charge < -0.3 is 19.8 Å². The van der Waals surface area contributed by atoms with Crippen LogP contribution < -0.4 is 5.32 Å². The fraction of sp³-hybridized carbons (Fsp3) is 0.862. The number of carbonyl (C=O) groups excluding carboxylic acids is 1. The minimum absolute atomic E-state index is 0.0535. The number of likely N-dealkylation sites (N-methyl/N-ethyl adjacent to an activating group) is 1. The van der Waals surface area contributed by atoms with Crippen molar-refractivity contribution < 1.29 is 32.9 Å². The van der Waals surface area contributed by atoms with Crippen LogP contribution in [-0.4, -0.2) is 73.4 Å². The molecule has 74 heavy (non-hydrogen) atoms. The first-order valence-electron chi connectivity index (χ1n) is 32.0. The zero-order valence-electron chi connectivity index (χ0n) is 49.8. The summed E-state index contributed by atoms with van der Waals surface area (Å²) in [6, 6.07) is -0.872. The van der Waals surface area contributed by atoms with Crippen LogP contribution in [0, 0.1) is 0 Å². The Labute approximate surface area is 460 Å². The highest BCUT2D eigenvalue weighted by molar-refractivity contribution is 7.47. The molecule has 3 atom stereocenters. The van der Waals surface area contributed by atoms with E-state index in [0.29, 0.717) is 17.4 Å². The standard InChI is InChI=1S/C65H125N2O6P/c1-6-8-10-12-14-16-18-20-22-24-26-28-30-32-33-34-35-37-39-41-43-45-47-49-51-53-55-57-59-65(69)66-63(62-73-74(70,71)72-61-60-67(3,4)5)64(68)58-56-54-52-50-48-46-44-42-40-38-36-31-29-27-25-23-21-19-17-15-13-11-9-7-2/h32-33,40,42,48,50,56,58,63-64,68H,6-31,34-39,41,43-47,49,51-55,57,59-62H2,1-5H3,(H-,66,69,70,71)/p+1/b33-32-,42-40+,50-48+,58-56+. The van der Waals surface area contributed by atoms with Crippen molar-refractivity contribution in [1.82, 2.24) is 5.32 Å². The molecule has 0 saturated heterocycles. The predicted octanol–water partition coefficient (Wildman–Crippen LogP) is 19.9. The second-order valence-electron chi connectivity index (χ2n) is 23.1. The Balaban J connectivity index is 4.19. The molecule has 8 nitrogen and oxygen atoms in total. The van der Waals surface area contributed by atoms with E-state index in [1.54, 1.807) is 6.08 Å². The van der Waals surface area contributed by atoms with Gasteiger partial charge in [-0.1, -0.05) is 281 Å². The van der Waals surface area contributed by atoms with Gasteiger partial charge in [0.05, 0.1) is 39.9 Å². The van der Waals surface area contributed by atoms with Gasteiger partial charge >= 0.3 is 7.82 Å². The number of hydrogen-bond acceptors (Lipinski definition) is 5. The first kappa shape index (κ1) is 72.5. The molecule has 0 aromatic carbocycles. The number of rotatable bonds is 59. The molecule has 0 aliphatic carbocycles. The third kappa shape index (κ3) is 58.1. The number of unbranched alkanes of at least 4 members (excludes halogenated alkanes) is 40. The maximum atomic E-state index is 13.0. The van der Waals surface area contributed by atoms with E-state index in [1.807, 2.05) is 27.2 Å². The first-order chi connectivity index (χ1) is 36.0. The summed E-state index contributed by atoms with van der Waals surface area (Å²) < 4.78 is 23.7. The quantitative estimate of drug-likeness (QED) is 0.0243. The SMILES string of the molecule is CCCCCCCCCCCCCC/C=C\CCCCCCCCCCCCCCC(=O)NC(COP(=O)(O)OCC[N+](C)(C)C)C(O)/C=C/CC/C=C/CC/C=C/CCCCCCCCCCCCCCCC. The molecule has 1 amide bonds. The molecule has 0 aromatic heterocycles. The molecule has 436 valence electrons. The zero-order chi connectivity index (χ0) is 54.2. The molecule has 0 saturated carbocycles. The number of quaternary nitrogens is 1. The van der Waals surface area contributed by atoms with Crippen molar-refractivity contribution in [3.8, 4) is 0 Å². The highest BCUT2D eigenvalue weighted by Crippen LogP contribution is 2.43. The summed E-state index contributed by atoms with van der Waals surface area (Å²) in [6.45, 7) is 4.83. The molecule has 3 unspecified atom stereocenters. The van der Waals surface area contributed by atoms with Crippen molar-refractivity contribution >= 4 is 13.7 Å². The van der Waals surface area contributed by atoms with Gasteiger partial charge in [0.2, 0.25) is 5.91 Å². The zero-order valence-corrected chi connectivity index (χ0v) is 50.7. The summed E-state index contributed by atoms with van der Waals surface area (Å²) >= 11 is 0. The van der Waals surface area contributed by atoms with Crippen LogP contribution in [-0.2, 0) is 18.4 Å². The lowest BCUT2D eigenvalue weighted by Crippen LogP contribution is -2.45. The number of nitrogens with zero attached hydrogens (tertiary/aromatic N) is 1. The minimum Gasteiger partial charge on any atom is -0.387 e. The Morgan fingerprint density at radius 3 is 1.08 bits per heavy atom. The van der Waals surface area contributed by atoms with Crippen molar-refractivity contribution in [2.24, 2.45) is 0 Å². The number of phosphoric ester groups is 1. The second kappa shape index (κ2) is 56.2. The average Bonchev–Trinajstić information content (AvgIpc) is 3.36. The molecule has 0 fully saturated rings. The van der Waals surface area contributed by atoms with Crippen LogP contribution >= 0.6 is 7.82 Å². The lowest BCUT2D eigenvalue weighted by molar-refractivity contribution is -0.870. The van der Waals surface area contributed by atoms with Crippen LogP contribution in [0.5, 0.6) is 0 Å². The van der Waals surface area contributed by atoms with E-state index in [4.69, 9.17) is 9.05 Å². The lowest BCUT2D eigenvalue weighted by Gasteiger charge is -2.25. The van der Waals surface area contributed by atoms with Gasteiger partial charge in [0.1, 0.15) is 13.2 Å². The van der Waals surface area contributed by atoms with Crippen LogP contribution in [0.25, 0.3) is 0 Å². The minimum atomic E-state index is -4.36. The van der Waals surface area contributed by atoms with E-state index >= 15 is 0 Å². The molecule has 0 heterocycles. The first-order valence-corrected chi connectivity index (χ1v) is 33.5. The summed E-state index contributed by atoms with van der Waals surface area (Å²) in [7, 11) is 1.55. The average molecular weight is 1060 g/mol. The van der Waals surface area contributed by atoms with Gasteiger partial charge in [0.25, 0.3) is 0 Å². The van der Waals surface area contributed by atoms with E-state index in [-0.39, 0.29) is 19.1 Å². The number of aliphatic hydroxyl groups excluding tert-OH is 1. The Morgan fingerprint density at radius 2 is 0.743 bits per heavy atom. The van der Waals surface area contributed by atoms with Gasteiger partial charge in [-0.05, 0) is 70.6 Å². The molecular formula is C65H126N2O6P+. The van der Waals surface area contributed by atoms with E-state index in [2.05, 4.69) is 55.6 Å². The summed E-state index contributed by atoms with van der Waals surface area (Å²) in [5, 5.41) is 13.9. The number of phosphoric acid groups is 1. The fourth-order valence-corrected chi connectivity index (χ4v) is 10.2. The highest BCUT2D eigenvalue weighted by Gasteiger charge is 2.27. The maximum absolute atomic E-state index is 13.0. The molecule has 0 bridgehead atoms. The van der Waals surface area contributed by atoms with Crippen LogP contribution in [0.1, 0.15) is 309 Å². The van der Waals surface area contributed by atoms with Gasteiger partial charge in [-0.25, -0.2) is 4.57 Å². The Kier molecular flexibility index (Phi) is 55.0. The monoisotopic (exact) mass is 1060 g/mol. The summed E-state index contributed by atoms with van der Waals surface area (Å²) in [6.07, 6.45) is 75.3. The third-order valence-corrected chi connectivity index (χ3v) is 15.5. The Bertz CT molecular complexity index is 1340. The van der Waals surface area contributed by atoms with Crippen LogP contribution in [0.4, 0.5) is 0 Å². The van der Waals surface area contributed by atoms with E-state index in [1.165, 1.54) is 244 Å². The van der Waals surface area contributed by atoms with Gasteiger partial charge in [0, 0.05) is 6.42 Å². The van der Waals surface area contributed by atoms with E-state index < -0.39 is 20.0 Å². The largest absolute Gasteiger partial charge is 0.472 e. The molecule has 0 rings (SSSR count). The number of amides is 1. The van der Waals surface area contributed by atoms with Gasteiger partial charge in [-0.2, -0.15) is 0 Å². The molecule has 3 N–H and O–H groups in total. The lowest BCUT2D eigenvalue weighted by atomic mass is 10.0. The summed E-state index contributed by atoms with van der Waals surface area (Å²) in [5.41, 5.74) is 0. The number of carbonyl (C=O) groups is 1. The molecule has 9 heteroatoms. The second-order valence-corrected chi connectivity index (χ2v) is 24.6.